The van der Waals surface area contributed by atoms with Crippen LogP contribution in [0.2, 0.25) is 0 Å². The number of nitrogens with zero attached hydrogens (tertiary/aromatic N) is 1. The number of benzene rings is 1. The molecule has 1 aromatic rings. The topological polar surface area (TPSA) is 97.0 Å². The summed E-state index contributed by atoms with van der Waals surface area (Å²) < 4.78 is 36.9. The van der Waals surface area contributed by atoms with Gasteiger partial charge in [0.25, 0.3) is 0 Å². The summed E-state index contributed by atoms with van der Waals surface area (Å²) in [5, 5.41) is 3.16. The molecule has 0 bridgehead atoms. The number of amides is 1. The standard InChI is InChI=1S/C21H33N3O5S/c1-15(2)21(16-5-6-18-19(13-16)29-12-4-11-28-18)22-20(25)14-24-9-7-17(8-10-24)23-30(3,26)27/h5-6,13,15,17,21,23H,4,7-12,14H2,1-3H3,(H,22,25). The first-order chi connectivity index (χ1) is 14.2. The molecule has 1 atom stereocenters. The van der Waals surface area contributed by atoms with Crippen molar-refractivity contribution >= 4 is 15.9 Å². The van der Waals surface area contributed by atoms with Gasteiger partial charge in [-0.2, -0.15) is 0 Å². The van der Waals surface area contributed by atoms with E-state index in [1.807, 2.05) is 18.2 Å². The number of nitrogens with one attached hydrogen (secondary N) is 2. The fourth-order valence-corrected chi connectivity index (χ4v) is 4.78. The van der Waals surface area contributed by atoms with Crippen LogP contribution in [0.5, 0.6) is 11.5 Å². The maximum absolute atomic E-state index is 12.7. The van der Waals surface area contributed by atoms with E-state index in [1.165, 1.54) is 6.26 Å². The first kappa shape index (κ1) is 22.8. The lowest BCUT2D eigenvalue weighted by molar-refractivity contribution is -0.123. The van der Waals surface area contributed by atoms with E-state index < -0.39 is 10.0 Å². The highest BCUT2D eigenvalue weighted by Gasteiger charge is 2.25. The van der Waals surface area contributed by atoms with E-state index in [0.717, 1.165) is 23.5 Å². The van der Waals surface area contributed by atoms with Crippen LogP contribution >= 0.6 is 0 Å². The number of sulfonamides is 1. The Balaban J connectivity index is 1.57. The Morgan fingerprint density at radius 1 is 1.17 bits per heavy atom. The molecule has 0 aliphatic carbocycles. The molecule has 0 radical (unpaired) electrons. The fraction of sp³-hybridized carbons (Fsp3) is 0.667. The maximum Gasteiger partial charge on any atom is 0.234 e. The third-order valence-corrected chi connectivity index (χ3v) is 6.21. The lowest BCUT2D eigenvalue weighted by Crippen LogP contribution is -2.47. The van der Waals surface area contributed by atoms with Crippen LogP contribution < -0.4 is 19.5 Å². The molecule has 0 saturated carbocycles. The van der Waals surface area contributed by atoms with E-state index in [4.69, 9.17) is 9.47 Å². The Labute approximate surface area is 179 Å². The Hall–Kier alpha value is -1.84. The third kappa shape index (κ3) is 6.58. The molecule has 2 aliphatic heterocycles. The highest BCUT2D eigenvalue weighted by Crippen LogP contribution is 2.34. The van der Waals surface area contributed by atoms with Crippen molar-refractivity contribution in [3.63, 3.8) is 0 Å². The van der Waals surface area contributed by atoms with Gasteiger partial charge in [-0.15, -0.1) is 0 Å². The summed E-state index contributed by atoms with van der Waals surface area (Å²) in [7, 11) is -3.20. The molecule has 1 aromatic carbocycles. The first-order valence-electron chi connectivity index (χ1n) is 10.6. The fourth-order valence-electron chi connectivity index (χ4n) is 3.94. The smallest absolute Gasteiger partial charge is 0.234 e. The number of fused-ring (bicyclic) bond motifs is 1. The molecule has 8 nitrogen and oxygen atoms in total. The summed E-state index contributed by atoms with van der Waals surface area (Å²) in [5.74, 6) is 1.65. The van der Waals surface area contributed by atoms with Gasteiger partial charge in [-0.3, -0.25) is 9.69 Å². The van der Waals surface area contributed by atoms with Crippen molar-refractivity contribution < 1.29 is 22.7 Å². The second kappa shape index (κ2) is 9.98. The highest BCUT2D eigenvalue weighted by atomic mass is 32.2. The molecule has 2 N–H and O–H groups in total. The number of piperidine rings is 1. The molecule has 3 rings (SSSR count). The maximum atomic E-state index is 12.7. The van der Waals surface area contributed by atoms with Crippen LogP contribution in [0, 0.1) is 5.92 Å². The highest BCUT2D eigenvalue weighted by molar-refractivity contribution is 7.88. The largest absolute Gasteiger partial charge is 0.490 e. The van der Waals surface area contributed by atoms with Gasteiger partial charge >= 0.3 is 0 Å². The van der Waals surface area contributed by atoms with Crippen molar-refractivity contribution in [3.8, 4) is 11.5 Å². The normalized spacial score (nSPS) is 19.3. The summed E-state index contributed by atoms with van der Waals surface area (Å²) in [5.41, 5.74) is 0.999. The predicted octanol–water partition coefficient (Wildman–Crippen LogP) is 1.67. The SMILES string of the molecule is CC(C)C(NC(=O)CN1CCC(NS(C)(=O)=O)CC1)c1ccc2c(c1)OCCCO2. The molecule has 2 aliphatic rings. The van der Waals surface area contributed by atoms with E-state index in [0.29, 0.717) is 45.7 Å². The van der Waals surface area contributed by atoms with Crippen LogP contribution in [-0.2, 0) is 14.8 Å². The van der Waals surface area contributed by atoms with E-state index in [9.17, 15) is 13.2 Å². The Bertz CT molecular complexity index is 835. The quantitative estimate of drug-likeness (QED) is 0.671. The molecule has 2 heterocycles. The van der Waals surface area contributed by atoms with Crippen molar-refractivity contribution in [2.24, 2.45) is 5.92 Å². The Kier molecular flexibility index (Phi) is 7.60. The molecular formula is C21H33N3O5S. The van der Waals surface area contributed by atoms with Crippen molar-refractivity contribution in [1.29, 1.82) is 0 Å². The third-order valence-electron chi connectivity index (χ3n) is 5.45. The van der Waals surface area contributed by atoms with Crippen LogP contribution in [0.1, 0.15) is 44.7 Å². The van der Waals surface area contributed by atoms with E-state index in [-0.39, 0.29) is 23.9 Å². The van der Waals surface area contributed by atoms with Crippen LogP contribution in [0.3, 0.4) is 0 Å². The predicted molar refractivity (Wildman–Crippen MR) is 115 cm³/mol. The van der Waals surface area contributed by atoms with Crippen molar-refractivity contribution in [2.75, 3.05) is 39.1 Å². The Morgan fingerprint density at radius 3 is 2.47 bits per heavy atom. The number of carbonyl (C=O) groups excluding carboxylic acids is 1. The van der Waals surface area contributed by atoms with Crippen LogP contribution in [0.15, 0.2) is 18.2 Å². The molecule has 0 spiro atoms. The summed E-state index contributed by atoms with van der Waals surface area (Å²) in [4.78, 5) is 14.8. The number of hydrogen-bond donors (Lipinski definition) is 2. The number of rotatable bonds is 7. The van der Waals surface area contributed by atoms with E-state index in [2.05, 4.69) is 28.8 Å². The van der Waals surface area contributed by atoms with Gasteiger partial charge in [0.05, 0.1) is 32.1 Å². The molecular weight excluding hydrogens is 406 g/mol. The molecule has 9 heteroatoms. The second-order valence-electron chi connectivity index (χ2n) is 8.49. The Morgan fingerprint density at radius 2 is 1.83 bits per heavy atom. The number of likely N-dealkylation sites (tertiary alicyclic amines) is 1. The number of hydrogen-bond acceptors (Lipinski definition) is 6. The van der Waals surface area contributed by atoms with Gasteiger partial charge in [-0.05, 0) is 36.5 Å². The molecule has 30 heavy (non-hydrogen) atoms. The molecule has 1 unspecified atom stereocenters. The second-order valence-corrected chi connectivity index (χ2v) is 10.3. The summed E-state index contributed by atoms with van der Waals surface area (Å²) in [6.45, 7) is 7.12. The van der Waals surface area contributed by atoms with Gasteiger partial charge < -0.3 is 14.8 Å². The molecule has 1 fully saturated rings. The monoisotopic (exact) mass is 439 g/mol. The summed E-state index contributed by atoms with van der Waals surface area (Å²) in [6, 6.07) is 5.69. The lowest BCUT2D eigenvalue weighted by Gasteiger charge is -2.32. The number of ether oxygens (including phenoxy) is 2. The minimum atomic E-state index is -3.20. The number of carbonyl (C=O) groups is 1. The molecule has 168 valence electrons. The average Bonchev–Trinajstić information content (AvgIpc) is 2.91. The van der Waals surface area contributed by atoms with Crippen LogP contribution in [-0.4, -0.2) is 64.4 Å². The van der Waals surface area contributed by atoms with Gasteiger partial charge in [0.15, 0.2) is 11.5 Å². The van der Waals surface area contributed by atoms with Gasteiger partial charge in [0.1, 0.15) is 0 Å². The van der Waals surface area contributed by atoms with E-state index in [1.54, 1.807) is 0 Å². The summed E-state index contributed by atoms with van der Waals surface area (Å²) >= 11 is 0. The van der Waals surface area contributed by atoms with Crippen LogP contribution in [0.4, 0.5) is 0 Å². The molecule has 1 amide bonds. The zero-order chi connectivity index (χ0) is 21.7. The minimum absolute atomic E-state index is 0.0321. The van der Waals surface area contributed by atoms with Crippen molar-refractivity contribution in [1.82, 2.24) is 14.9 Å². The van der Waals surface area contributed by atoms with Crippen molar-refractivity contribution in [3.05, 3.63) is 23.8 Å². The van der Waals surface area contributed by atoms with Gasteiger partial charge in [0, 0.05) is 25.6 Å². The first-order valence-corrected chi connectivity index (χ1v) is 12.5. The molecule has 1 saturated heterocycles. The summed E-state index contributed by atoms with van der Waals surface area (Å²) in [6.07, 6.45) is 3.44. The minimum Gasteiger partial charge on any atom is -0.490 e. The van der Waals surface area contributed by atoms with Gasteiger partial charge in [-0.1, -0.05) is 19.9 Å². The lowest BCUT2D eigenvalue weighted by atomic mass is 9.95. The van der Waals surface area contributed by atoms with Gasteiger partial charge in [-0.25, -0.2) is 13.1 Å². The zero-order valence-corrected chi connectivity index (χ0v) is 18.8. The molecule has 0 aromatic heterocycles. The van der Waals surface area contributed by atoms with E-state index >= 15 is 0 Å². The average molecular weight is 440 g/mol. The zero-order valence-electron chi connectivity index (χ0n) is 18.0. The van der Waals surface area contributed by atoms with Crippen molar-refractivity contribution in [2.45, 2.75) is 45.2 Å². The van der Waals surface area contributed by atoms with Crippen LogP contribution in [0.25, 0.3) is 0 Å². The van der Waals surface area contributed by atoms with Gasteiger partial charge in [0.2, 0.25) is 15.9 Å².